The van der Waals surface area contributed by atoms with Crippen molar-refractivity contribution in [2.45, 2.75) is 132 Å². The maximum Gasteiger partial charge on any atom is 0.408 e. The number of nitrogens with zero attached hydrogens (tertiary/aromatic N) is 3. The minimum atomic E-state index is -1.88. The second-order valence-corrected chi connectivity index (χ2v) is 15.5. The average Bonchev–Trinajstić information content (AvgIpc) is 3.30. The number of azide groups is 1. The number of aliphatic carboxylic acids is 1. The Bertz CT molecular complexity index is 1830. The number of amides is 4. The van der Waals surface area contributed by atoms with E-state index in [9.17, 15) is 49.2 Å². The molecule has 9 N–H and O–H groups in total. The summed E-state index contributed by atoms with van der Waals surface area (Å²) in [7, 11) is 2.44. The highest BCUT2D eigenvalue weighted by molar-refractivity contribution is 5.85. The third-order valence-electron chi connectivity index (χ3n) is 10.4. The van der Waals surface area contributed by atoms with E-state index in [0.717, 1.165) is 14.0 Å². The molecule has 2 saturated heterocycles. The Balaban J connectivity index is 1.49. The fourth-order valence-corrected chi connectivity index (χ4v) is 6.69. The molecular formula is C41H63N7O20. The molecule has 0 aromatic heterocycles. The molecule has 2 aliphatic heterocycles. The number of unbranched alkanes of at least 4 members (excludes halogenated alkanes) is 2. The summed E-state index contributed by atoms with van der Waals surface area (Å²) in [5.41, 5.74) is 9.07. The third-order valence-corrected chi connectivity index (χ3v) is 10.4. The molecule has 27 heteroatoms. The first-order valence-electron chi connectivity index (χ1n) is 21.7. The van der Waals surface area contributed by atoms with Crippen LogP contribution in [0.4, 0.5) is 9.59 Å². The van der Waals surface area contributed by atoms with Gasteiger partial charge < -0.3 is 89.4 Å². The van der Waals surface area contributed by atoms with Crippen molar-refractivity contribution < 1.29 is 96.9 Å². The first kappa shape index (κ1) is 56.7. The molecule has 1 aromatic rings. The van der Waals surface area contributed by atoms with Crippen LogP contribution in [0, 0.1) is 0 Å². The molecule has 4 unspecified atom stereocenters. The fraction of sp³-hybridized carbons (Fsp3) is 0.707. The number of ether oxygens (including phenoxy) is 9. The number of aliphatic hydroxyl groups excluding tert-OH is 4. The van der Waals surface area contributed by atoms with E-state index in [4.69, 9.17) is 53.3 Å². The van der Waals surface area contributed by atoms with Crippen molar-refractivity contribution in [3.63, 3.8) is 0 Å². The second kappa shape index (κ2) is 29.3. The molecule has 13 atom stereocenters. The zero-order chi connectivity index (χ0) is 50.3. The highest BCUT2D eigenvalue weighted by Gasteiger charge is 2.51. The van der Waals surface area contributed by atoms with Gasteiger partial charge in [-0.3, -0.25) is 14.4 Å². The first-order chi connectivity index (χ1) is 32.4. The van der Waals surface area contributed by atoms with E-state index >= 15 is 0 Å². The number of alkyl carbamates (subject to hydrolysis) is 2. The van der Waals surface area contributed by atoms with E-state index in [1.807, 2.05) is 5.32 Å². The Hall–Kier alpha value is -5.61. The number of carbonyl (C=O) groups excluding carboxylic acids is 5. The Morgan fingerprint density at radius 3 is 2.00 bits per heavy atom. The van der Waals surface area contributed by atoms with Gasteiger partial charge in [-0.15, -0.1) is 0 Å². The average molecular weight is 974 g/mol. The van der Waals surface area contributed by atoms with Gasteiger partial charge in [0.25, 0.3) is 0 Å². The van der Waals surface area contributed by atoms with Crippen LogP contribution in [0.2, 0.25) is 0 Å². The van der Waals surface area contributed by atoms with E-state index in [1.54, 1.807) is 31.2 Å². The van der Waals surface area contributed by atoms with Crippen molar-refractivity contribution in [1.29, 1.82) is 0 Å². The number of esters is 1. The summed E-state index contributed by atoms with van der Waals surface area (Å²) in [6, 6.07) is 3.23. The maximum atomic E-state index is 12.9. The summed E-state index contributed by atoms with van der Waals surface area (Å²) in [5.74, 6) is -2.48. The lowest BCUT2D eigenvalue weighted by atomic mass is 9.98. The number of carboxylic acids is 1. The van der Waals surface area contributed by atoms with Crippen molar-refractivity contribution >= 4 is 35.9 Å². The topological polar surface area (TPSA) is 384 Å². The van der Waals surface area contributed by atoms with Crippen LogP contribution in [0.3, 0.4) is 0 Å². The minimum absolute atomic E-state index is 0.00726. The van der Waals surface area contributed by atoms with Gasteiger partial charge in [0.2, 0.25) is 11.8 Å². The van der Waals surface area contributed by atoms with Crippen LogP contribution in [0.15, 0.2) is 29.4 Å². The van der Waals surface area contributed by atoms with Crippen molar-refractivity contribution in [1.82, 2.24) is 21.3 Å². The van der Waals surface area contributed by atoms with Crippen LogP contribution in [-0.4, -0.2) is 195 Å². The lowest BCUT2D eigenvalue weighted by Gasteiger charge is -2.44. The molecule has 382 valence electrons. The second-order valence-electron chi connectivity index (χ2n) is 15.5. The number of nitrogens with one attached hydrogen (secondary N) is 4. The molecule has 0 radical (unpaired) electrons. The summed E-state index contributed by atoms with van der Waals surface area (Å²) in [6.07, 6.45) is -16.6. The summed E-state index contributed by atoms with van der Waals surface area (Å²) >= 11 is 0. The van der Waals surface area contributed by atoms with Crippen molar-refractivity contribution in [2.75, 3.05) is 53.7 Å². The van der Waals surface area contributed by atoms with Gasteiger partial charge in [0.15, 0.2) is 24.8 Å². The lowest BCUT2D eigenvalue weighted by molar-refractivity contribution is -0.328. The predicted molar refractivity (Wildman–Crippen MR) is 229 cm³/mol. The van der Waals surface area contributed by atoms with Crippen LogP contribution in [0.1, 0.15) is 52.0 Å². The van der Waals surface area contributed by atoms with Crippen molar-refractivity contribution in [3.8, 4) is 5.75 Å². The highest BCUT2D eigenvalue weighted by Crippen LogP contribution is 2.28. The predicted octanol–water partition coefficient (Wildman–Crippen LogP) is -1.10. The number of aliphatic hydroxyl groups is 4. The quantitative estimate of drug-likeness (QED) is 0.0126. The standard InChI is InChI=1S/C41H63N7O20/c1-6-62-37(57)25(47-28(49)10-8-7-9-15-44-48-42)18-23-11-13-24(14-12-23)63-17-16-43-35(54)21(2)45-40(58)67-33-30(51)27(65-38(61-5)31(33)52)20-64-39-32(53)34(29(50)26(66-39)19-60-4)68-41(59)46-22(3)36(55)56/h11-14,21-22,25-27,29-34,38-39,50-53H,6-10,15-20H2,1-5H3,(H,43,54)(H,45,58)(H,46,59)(H,47,49)(H,55,56)/t21-,22-,25-,26?,27?,29+,30+,31?,32?,33-,34-,38-,39-/m0/s1. The van der Waals surface area contributed by atoms with E-state index in [2.05, 4.69) is 26.0 Å². The number of benzene rings is 1. The molecule has 0 saturated carbocycles. The van der Waals surface area contributed by atoms with Crippen molar-refractivity contribution in [2.24, 2.45) is 5.11 Å². The minimum Gasteiger partial charge on any atom is -0.492 e. The maximum absolute atomic E-state index is 12.9. The molecule has 2 aliphatic rings. The lowest BCUT2D eigenvalue weighted by Crippen LogP contribution is -2.63. The third kappa shape index (κ3) is 18.1. The van der Waals surface area contributed by atoms with Gasteiger partial charge in [-0.1, -0.05) is 23.7 Å². The van der Waals surface area contributed by atoms with Gasteiger partial charge in [-0.25, -0.2) is 14.4 Å². The van der Waals surface area contributed by atoms with Gasteiger partial charge in [-0.05, 0) is 56.8 Å². The number of carbonyl (C=O) groups is 6. The normalized spacial score (nSPS) is 25.8. The fourth-order valence-electron chi connectivity index (χ4n) is 6.69. The summed E-state index contributed by atoms with van der Waals surface area (Å²) in [6.45, 7) is 3.76. The van der Waals surface area contributed by atoms with Gasteiger partial charge in [0.1, 0.15) is 67.1 Å². The van der Waals surface area contributed by atoms with Crippen molar-refractivity contribution in [3.05, 3.63) is 40.3 Å². The highest BCUT2D eigenvalue weighted by atomic mass is 16.7. The molecule has 27 nitrogen and oxygen atoms in total. The molecular weight excluding hydrogens is 910 g/mol. The number of methoxy groups -OCH3 is 2. The Morgan fingerprint density at radius 2 is 1.41 bits per heavy atom. The van der Waals surface area contributed by atoms with E-state index < -0.39 is 116 Å². The smallest absolute Gasteiger partial charge is 0.408 e. The van der Waals surface area contributed by atoms with Crippen LogP contribution < -0.4 is 26.0 Å². The van der Waals surface area contributed by atoms with Gasteiger partial charge in [0, 0.05) is 38.5 Å². The van der Waals surface area contributed by atoms with E-state index in [-0.39, 0.29) is 45.1 Å². The first-order valence-corrected chi connectivity index (χ1v) is 21.7. The van der Waals surface area contributed by atoms with E-state index in [1.165, 1.54) is 14.0 Å². The monoisotopic (exact) mass is 973 g/mol. The van der Waals surface area contributed by atoms with Crippen LogP contribution in [0.25, 0.3) is 10.4 Å². The van der Waals surface area contributed by atoms with Crippen LogP contribution in [0.5, 0.6) is 5.75 Å². The Labute approximate surface area is 390 Å². The summed E-state index contributed by atoms with van der Waals surface area (Å²) in [5, 5.41) is 65.9. The molecule has 0 aliphatic carbocycles. The van der Waals surface area contributed by atoms with Crippen LogP contribution in [-0.2, 0) is 63.5 Å². The van der Waals surface area contributed by atoms with E-state index in [0.29, 0.717) is 37.1 Å². The van der Waals surface area contributed by atoms with Gasteiger partial charge in [0.05, 0.1) is 26.4 Å². The number of hydrogen-bond donors (Lipinski definition) is 9. The molecule has 2 heterocycles. The number of rotatable bonds is 27. The van der Waals surface area contributed by atoms with Gasteiger partial charge >= 0.3 is 24.1 Å². The Morgan fingerprint density at radius 1 is 0.809 bits per heavy atom. The largest absolute Gasteiger partial charge is 0.492 e. The molecule has 1 aromatic carbocycles. The zero-order valence-electron chi connectivity index (χ0n) is 38.3. The molecule has 3 rings (SSSR count). The molecule has 0 bridgehead atoms. The summed E-state index contributed by atoms with van der Waals surface area (Å²) in [4.78, 5) is 77.1. The molecule has 4 amide bonds. The zero-order valence-corrected chi connectivity index (χ0v) is 38.3. The molecule has 0 spiro atoms. The number of hydrogen-bond acceptors (Lipinski definition) is 20. The Kier molecular flexibility index (Phi) is 24.4. The van der Waals surface area contributed by atoms with Crippen LogP contribution >= 0.6 is 0 Å². The van der Waals surface area contributed by atoms with Gasteiger partial charge in [-0.2, -0.15) is 0 Å². The number of carboxylic acid groups (broad SMARTS) is 1. The summed E-state index contributed by atoms with van der Waals surface area (Å²) < 4.78 is 48.3. The SMILES string of the molecule is CCOC(=O)[C@H](Cc1ccc(OCCNC(=O)[C@H](C)NC(=O)O[C@@H]2C(O)[C@@H](OC)OC(CO[C@H]3OC(COC)[C@@H](O)[C@H](OC(=O)N[C@@H](C)C(=O)O)C3O)[C@H]2O)cc1)NC(=O)CCCCCN=[N+]=[N-]. The molecule has 2 fully saturated rings. The molecule has 68 heavy (non-hydrogen) atoms.